The van der Waals surface area contributed by atoms with Gasteiger partial charge in [-0.05, 0) is 6.07 Å². The monoisotopic (exact) mass is 370 g/mol. The number of carboxylic acids is 1. The van der Waals surface area contributed by atoms with Crippen molar-refractivity contribution >= 4 is 23.6 Å². The van der Waals surface area contributed by atoms with E-state index in [-0.39, 0.29) is 23.7 Å². The lowest BCUT2D eigenvalue weighted by Crippen LogP contribution is -2.33. The first-order valence-corrected chi connectivity index (χ1v) is 7.70. The number of carbonyl (C=O) groups excluding carboxylic acids is 1. The standard InChI is InChI=1S/C13H14F4N2O4S/c14-12(15)13(16,17)7-23-9-2-1-8(5-19-9)11(22)18-3-4-24-6-10(20)21/h1-2,5,12H,3-4,6-7H2,(H,18,22)(H,20,21). The van der Waals surface area contributed by atoms with Crippen LogP contribution in [0.3, 0.4) is 0 Å². The topological polar surface area (TPSA) is 88.5 Å². The molecular weight excluding hydrogens is 356 g/mol. The molecule has 0 aliphatic carbocycles. The minimum Gasteiger partial charge on any atom is -0.481 e. The van der Waals surface area contributed by atoms with Crippen LogP contribution in [0.5, 0.6) is 5.88 Å². The van der Waals surface area contributed by atoms with Gasteiger partial charge >= 0.3 is 18.3 Å². The van der Waals surface area contributed by atoms with Crippen LogP contribution in [-0.4, -0.2) is 59.0 Å². The van der Waals surface area contributed by atoms with E-state index < -0.39 is 30.8 Å². The molecule has 0 fully saturated rings. The molecule has 0 unspecified atom stereocenters. The summed E-state index contributed by atoms with van der Waals surface area (Å²) in [6.45, 7) is -1.29. The second kappa shape index (κ2) is 9.30. The molecular formula is C13H14F4N2O4S. The van der Waals surface area contributed by atoms with Crippen molar-refractivity contribution < 1.29 is 37.0 Å². The van der Waals surface area contributed by atoms with Crippen LogP contribution in [0.15, 0.2) is 18.3 Å². The fourth-order valence-electron chi connectivity index (χ4n) is 1.33. The van der Waals surface area contributed by atoms with Crippen LogP contribution in [0.4, 0.5) is 17.6 Å². The number of hydrogen-bond acceptors (Lipinski definition) is 5. The van der Waals surface area contributed by atoms with Crippen molar-refractivity contribution in [1.29, 1.82) is 0 Å². The number of rotatable bonds is 10. The number of alkyl halides is 4. The number of hydrogen-bond donors (Lipinski definition) is 2. The molecule has 1 heterocycles. The SMILES string of the molecule is O=C(O)CSCCNC(=O)c1ccc(OCC(F)(F)C(F)F)nc1. The summed E-state index contributed by atoms with van der Waals surface area (Å²) in [4.78, 5) is 25.6. The molecule has 134 valence electrons. The van der Waals surface area contributed by atoms with Gasteiger partial charge in [0.2, 0.25) is 5.88 Å². The van der Waals surface area contributed by atoms with E-state index in [4.69, 9.17) is 5.11 Å². The maximum Gasteiger partial charge on any atom is 0.340 e. The van der Waals surface area contributed by atoms with Crippen LogP contribution in [0.2, 0.25) is 0 Å². The van der Waals surface area contributed by atoms with Gasteiger partial charge in [0, 0.05) is 24.6 Å². The van der Waals surface area contributed by atoms with E-state index in [0.29, 0.717) is 5.75 Å². The van der Waals surface area contributed by atoms with Gasteiger partial charge in [0.25, 0.3) is 5.91 Å². The van der Waals surface area contributed by atoms with E-state index in [1.165, 1.54) is 6.07 Å². The first-order chi connectivity index (χ1) is 11.2. The van der Waals surface area contributed by atoms with Crippen LogP contribution >= 0.6 is 11.8 Å². The summed E-state index contributed by atoms with van der Waals surface area (Å²) in [5, 5.41) is 10.9. The van der Waals surface area contributed by atoms with Crippen LogP contribution in [0.25, 0.3) is 0 Å². The number of aliphatic carboxylic acids is 1. The average Bonchev–Trinajstić information content (AvgIpc) is 2.52. The second-order valence-corrected chi connectivity index (χ2v) is 5.54. The molecule has 24 heavy (non-hydrogen) atoms. The number of ether oxygens (including phenoxy) is 1. The fraction of sp³-hybridized carbons (Fsp3) is 0.462. The van der Waals surface area contributed by atoms with Gasteiger partial charge in [-0.25, -0.2) is 13.8 Å². The van der Waals surface area contributed by atoms with Gasteiger partial charge in [-0.15, -0.1) is 11.8 Å². The number of aromatic nitrogens is 1. The lowest BCUT2D eigenvalue weighted by Gasteiger charge is -2.15. The molecule has 0 aliphatic heterocycles. The van der Waals surface area contributed by atoms with E-state index in [2.05, 4.69) is 15.0 Å². The molecule has 1 amide bonds. The van der Waals surface area contributed by atoms with Crippen molar-refractivity contribution in [1.82, 2.24) is 10.3 Å². The summed E-state index contributed by atoms with van der Waals surface area (Å²) in [5.74, 6) is -5.73. The number of thioether (sulfide) groups is 1. The minimum absolute atomic E-state index is 0.0767. The number of carboxylic acid groups (broad SMARTS) is 1. The Bertz CT molecular complexity index is 557. The van der Waals surface area contributed by atoms with Gasteiger partial charge in [0.15, 0.2) is 6.61 Å². The highest BCUT2D eigenvalue weighted by Gasteiger charge is 2.41. The van der Waals surface area contributed by atoms with Gasteiger partial charge in [0.05, 0.1) is 11.3 Å². The summed E-state index contributed by atoms with van der Waals surface area (Å²) >= 11 is 1.13. The quantitative estimate of drug-likeness (QED) is 0.483. The summed E-state index contributed by atoms with van der Waals surface area (Å²) < 4.78 is 53.8. The van der Waals surface area contributed by atoms with Crippen molar-refractivity contribution in [2.45, 2.75) is 12.3 Å². The maximum absolute atomic E-state index is 12.7. The van der Waals surface area contributed by atoms with E-state index in [9.17, 15) is 27.2 Å². The van der Waals surface area contributed by atoms with Crippen molar-refractivity contribution in [2.75, 3.05) is 24.7 Å². The van der Waals surface area contributed by atoms with E-state index in [1.54, 1.807) is 0 Å². The van der Waals surface area contributed by atoms with Gasteiger partial charge in [0.1, 0.15) is 0 Å². The number of halogens is 4. The largest absolute Gasteiger partial charge is 0.481 e. The molecule has 0 bridgehead atoms. The third-order valence-corrected chi connectivity index (χ3v) is 3.43. The van der Waals surface area contributed by atoms with Crippen molar-refractivity contribution in [3.05, 3.63) is 23.9 Å². The number of pyridine rings is 1. The number of nitrogens with zero attached hydrogens (tertiary/aromatic N) is 1. The lowest BCUT2D eigenvalue weighted by molar-refractivity contribution is -0.148. The molecule has 0 spiro atoms. The third kappa shape index (κ3) is 7.02. The molecule has 6 nitrogen and oxygen atoms in total. The zero-order valence-corrected chi connectivity index (χ0v) is 13.0. The van der Waals surface area contributed by atoms with Gasteiger partial charge < -0.3 is 15.2 Å². The smallest absolute Gasteiger partial charge is 0.340 e. The predicted octanol–water partition coefficient (Wildman–Crippen LogP) is 1.91. The normalized spacial score (nSPS) is 11.4. The second-order valence-electron chi connectivity index (χ2n) is 4.44. The van der Waals surface area contributed by atoms with Crippen molar-refractivity contribution in [3.8, 4) is 5.88 Å². The third-order valence-electron chi connectivity index (χ3n) is 2.49. The van der Waals surface area contributed by atoms with Crippen LogP contribution < -0.4 is 10.1 Å². The Morgan fingerprint density at radius 2 is 2.08 bits per heavy atom. The Morgan fingerprint density at radius 1 is 1.38 bits per heavy atom. The molecule has 2 N–H and O–H groups in total. The van der Waals surface area contributed by atoms with E-state index in [1.807, 2.05) is 0 Å². The van der Waals surface area contributed by atoms with Gasteiger partial charge in [-0.2, -0.15) is 8.78 Å². The summed E-state index contributed by atoms with van der Waals surface area (Å²) in [6, 6.07) is 2.35. The molecule has 11 heteroatoms. The Balaban J connectivity index is 2.40. The van der Waals surface area contributed by atoms with Crippen molar-refractivity contribution in [3.63, 3.8) is 0 Å². The number of amides is 1. The predicted molar refractivity (Wildman–Crippen MR) is 78.0 cm³/mol. The number of nitrogens with one attached hydrogen (secondary N) is 1. The highest BCUT2D eigenvalue weighted by Crippen LogP contribution is 2.23. The minimum atomic E-state index is -4.29. The molecule has 0 aliphatic rings. The van der Waals surface area contributed by atoms with Gasteiger partial charge in [-0.3, -0.25) is 9.59 Å². The van der Waals surface area contributed by atoms with E-state index >= 15 is 0 Å². The fourth-order valence-corrected chi connectivity index (χ4v) is 1.90. The number of carbonyl (C=O) groups is 2. The maximum atomic E-state index is 12.7. The Morgan fingerprint density at radius 3 is 2.62 bits per heavy atom. The zero-order chi connectivity index (χ0) is 18.2. The summed E-state index contributed by atoms with van der Waals surface area (Å²) in [7, 11) is 0. The van der Waals surface area contributed by atoms with Crippen LogP contribution in [0, 0.1) is 0 Å². The molecule has 0 atom stereocenters. The molecule has 0 radical (unpaired) electrons. The lowest BCUT2D eigenvalue weighted by atomic mass is 10.2. The van der Waals surface area contributed by atoms with Crippen LogP contribution in [-0.2, 0) is 4.79 Å². The first-order valence-electron chi connectivity index (χ1n) is 6.55. The Labute approximate surface area is 138 Å². The summed E-state index contributed by atoms with van der Waals surface area (Å²) in [5.41, 5.74) is 0.117. The molecule has 1 aromatic heterocycles. The van der Waals surface area contributed by atoms with E-state index in [0.717, 1.165) is 24.0 Å². The average molecular weight is 370 g/mol. The molecule has 1 aromatic rings. The summed E-state index contributed by atoms with van der Waals surface area (Å²) in [6.07, 6.45) is -2.79. The van der Waals surface area contributed by atoms with Gasteiger partial charge in [-0.1, -0.05) is 0 Å². The molecule has 0 saturated carbocycles. The molecule has 0 saturated heterocycles. The highest BCUT2D eigenvalue weighted by molar-refractivity contribution is 7.99. The van der Waals surface area contributed by atoms with Crippen LogP contribution in [0.1, 0.15) is 10.4 Å². The Hall–Kier alpha value is -2.04. The first kappa shape index (κ1) is 20.0. The Kier molecular flexibility index (Phi) is 7.75. The molecule has 0 aromatic carbocycles. The van der Waals surface area contributed by atoms with Crippen molar-refractivity contribution in [2.24, 2.45) is 0 Å². The zero-order valence-electron chi connectivity index (χ0n) is 12.2. The molecule has 1 rings (SSSR count). The highest BCUT2D eigenvalue weighted by atomic mass is 32.2.